The molecule has 0 aromatic carbocycles. The van der Waals surface area contributed by atoms with Crippen LogP contribution in [0.5, 0.6) is 0 Å². The van der Waals surface area contributed by atoms with Gasteiger partial charge in [0.2, 0.25) is 0 Å². The maximum absolute atomic E-state index is 12.5. The molecule has 2 N–H and O–H groups in total. The molecule has 0 saturated heterocycles. The van der Waals surface area contributed by atoms with Gasteiger partial charge in [-0.1, -0.05) is 0 Å². The number of hydrogen-bond donors (Lipinski definition) is 1. The van der Waals surface area contributed by atoms with Crippen molar-refractivity contribution >= 4 is 15.7 Å². The SMILES string of the molecule is Cc1c([N+](=O)[O-])cc(S(N)(=O)=O)nc1C(F)F. The van der Waals surface area contributed by atoms with Crippen molar-refractivity contribution in [1.29, 1.82) is 0 Å². The summed E-state index contributed by atoms with van der Waals surface area (Å²) in [5.41, 5.74) is -2.13. The van der Waals surface area contributed by atoms with Crippen LogP contribution in [0.15, 0.2) is 11.1 Å². The van der Waals surface area contributed by atoms with Gasteiger partial charge in [-0.15, -0.1) is 0 Å². The number of pyridine rings is 1. The number of nitrogens with zero attached hydrogens (tertiary/aromatic N) is 2. The third-order valence-electron chi connectivity index (χ3n) is 1.95. The van der Waals surface area contributed by atoms with Crippen molar-refractivity contribution in [2.45, 2.75) is 18.4 Å². The van der Waals surface area contributed by atoms with Crippen molar-refractivity contribution in [3.05, 3.63) is 27.4 Å². The van der Waals surface area contributed by atoms with Crippen molar-refractivity contribution in [3.63, 3.8) is 0 Å². The predicted molar refractivity (Wildman–Crippen MR) is 52.0 cm³/mol. The highest BCUT2D eigenvalue weighted by Crippen LogP contribution is 2.29. The molecule has 1 aromatic heterocycles. The van der Waals surface area contributed by atoms with Crippen molar-refractivity contribution in [1.82, 2.24) is 4.98 Å². The van der Waals surface area contributed by atoms with Gasteiger partial charge in [0.1, 0.15) is 5.69 Å². The number of halogens is 2. The van der Waals surface area contributed by atoms with E-state index in [2.05, 4.69) is 10.1 Å². The van der Waals surface area contributed by atoms with Crippen LogP contribution in [-0.2, 0) is 10.0 Å². The maximum Gasteiger partial charge on any atom is 0.280 e. The molecule has 0 saturated carbocycles. The van der Waals surface area contributed by atoms with E-state index < -0.39 is 43.3 Å². The second kappa shape index (κ2) is 4.30. The lowest BCUT2D eigenvalue weighted by Crippen LogP contribution is -2.16. The third-order valence-corrected chi connectivity index (χ3v) is 2.75. The van der Waals surface area contributed by atoms with Crippen molar-refractivity contribution in [2.24, 2.45) is 5.14 Å². The average molecular weight is 267 g/mol. The highest BCUT2D eigenvalue weighted by Gasteiger charge is 2.26. The predicted octanol–water partition coefficient (Wildman–Crippen LogP) is 0.883. The first-order valence-electron chi connectivity index (χ1n) is 4.11. The molecular formula is C7H7F2N3O4S. The van der Waals surface area contributed by atoms with Crippen LogP contribution in [-0.4, -0.2) is 18.3 Å². The van der Waals surface area contributed by atoms with Crippen LogP contribution in [0.1, 0.15) is 17.7 Å². The van der Waals surface area contributed by atoms with Gasteiger partial charge < -0.3 is 0 Å². The van der Waals surface area contributed by atoms with Crippen LogP contribution in [0.3, 0.4) is 0 Å². The van der Waals surface area contributed by atoms with Gasteiger partial charge in [0.05, 0.1) is 16.6 Å². The Hall–Kier alpha value is -1.68. The fraction of sp³-hybridized carbons (Fsp3) is 0.286. The quantitative estimate of drug-likeness (QED) is 0.644. The normalized spacial score (nSPS) is 11.8. The molecule has 10 heteroatoms. The summed E-state index contributed by atoms with van der Waals surface area (Å²) in [6.07, 6.45) is -3.13. The molecule has 0 aliphatic rings. The molecule has 1 aromatic rings. The Kier molecular flexibility index (Phi) is 3.38. The molecule has 0 radical (unpaired) electrons. The number of nitrogens with two attached hydrogens (primary N) is 1. The fourth-order valence-corrected chi connectivity index (χ4v) is 1.64. The zero-order valence-electron chi connectivity index (χ0n) is 8.42. The Balaban J connectivity index is 3.65. The zero-order valence-corrected chi connectivity index (χ0v) is 9.24. The standard InChI is InChI=1S/C7H7F2N3O4S/c1-3-4(12(13)14)2-5(17(10,15)16)11-6(3)7(8)9/h2,7H,1H3,(H2,10,15,16). The van der Waals surface area contributed by atoms with Gasteiger partial charge in [-0.3, -0.25) is 10.1 Å². The molecule has 0 fully saturated rings. The number of hydrogen-bond acceptors (Lipinski definition) is 5. The molecule has 0 unspecified atom stereocenters. The summed E-state index contributed by atoms with van der Waals surface area (Å²) in [4.78, 5) is 12.7. The van der Waals surface area contributed by atoms with E-state index in [9.17, 15) is 27.3 Å². The summed E-state index contributed by atoms with van der Waals surface area (Å²) in [6, 6.07) is 0.552. The monoisotopic (exact) mass is 267 g/mol. The molecule has 1 heterocycles. The molecule has 94 valence electrons. The summed E-state index contributed by atoms with van der Waals surface area (Å²) in [5.74, 6) is 0. The first-order chi connectivity index (χ1) is 7.64. The lowest BCUT2D eigenvalue weighted by atomic mass is 10.2. The van der Waals surface area contributed by atoms with Crippen molar-refractivity contribution in [3.8, 4) is 0 Å². The van der Waals surface area contributed by atoms with Crippen LogP contribution in [0.4, 0.5) is 14.5 Å². The lowest BCUT2D eigenvalue weighted by molar-refractivity contribution is -0.385. The minimum Gasteiger partial charge on any atom is -0.258 e. The molecule has 7 nitrogen and oxygen atoms in total. The van der Waals surface area contributed by atoms with Gasteiger partial charge in [-0.05, 0) is 6.92 Å². The second-order valence-electron chi connectivity index (χ2n) is 3.09. The Morgan fingerprint density at radius 1 is 1.53 bits per heavy atom. The summed E-state index contributed by atoms with van der Waals surface area (Å²) in [6.45, 7) is 1.06. The number of nitro groups is 1. The van der Waals surface area contributed by atoms with E-state index in [1.165, 1.54) is 0 Å². The number of rotatable bonds is 3. The molecule has 0 amide bonds. The van der Waals surface area contributed by atoms with E-state index in [0.717, 1.165) is 6.92 Å². The Morgan fingerprint density at radius 3 is 2.41 bits per heavy atom. The lowest BCUT2D eigenvalue weighted by Gasteiger charge is -2.06. The van der Waals surface area contributed by atoms with Crippen molar-refractivity contribution < 1.29 is 22.1 Å². The maximum atomic E-state index is 12.5. The van der Waals surface area contributed by atoms with E-state index in [1.54, 1.807) is 0 Å². The van der Waals surface area contributed by atoms with Crippen LogP contribution in [0.2, 0.25) is 0 Å². The Morgan fingerprint density at radius 2 is 2.06 bits per heavy atom. The second-order valence-corrected chi connectivity index (χ2v) is 4.60. The van der Waals surface area contributed by atoms with Crippen LogP contribution < -0.4 is 5.14 Å². The highest BCUT2D eigenvalue weighted by molar-refractivity contribution is 7.89. The largest absolute Gasteiger partial charge is 0.280 e. The Bertz CT molecular complexity index is 573. The first-order valence-corrected chi connectivity index (χ1v) is 5.66. The number of primary sulfonamides is 1. The van der Waals surface area contributed by atoms with Crippen LogP contribution in [0, 0.1) is 17.0 Å². The average Bonchev–Trinajstić information content (AvgIpc) is 2.14. The smallest absolute Gasteiger partial charge is 0.258 e. The van der Waals surface area contributed by atoms with Crippen molar-refractivity contribution in [2.75, 3.05) is 0 Å². The fourth-order valence-electron chi connectivity index (χ4n) is 1.14. The number of aromatic nitrogens is 1. The molecule has 0 bridgehead atoms. The van der Waals surface area contributed by atoms with Gasteiger partial charge in [0.25, 0.3) is 22.1 Å². The number of alkyl halides is 2. The molecule has 17 heavy (non-hydrogen) atoms. The van der Waals surface area contributed by atoms with E-state index in [1.807, 2.05) is 0 Å². The summed E-state index contributed by atoms with van der Waals surface area (Å²) in [7, 11) is -4.38. The molecule has 0 spiro atoms. The van der Waals surface area contributed by atoms with E-state index in [0.29, 0.717) is 6.07 Å². The summed E-state index contributed by atoms with van der Waals surface area (Å²) >= 11 is 0. The van der Waals surface area contributed by atoms with Gasteiger partial charge >= 0.3 is 0 Å². The van der Waals surface area contributed by atoms with Gasteiger partial charge in [0, 0.05) is 0 Å². The van der Waals surface area contributed by atoms with Gasteiger partial charge in [-0.25, -0.2) is 27.3 Å². The van der Waals surface area contributed by atoms with Gasteiger partial charge in [0.15, 0.2) is 5.03 Å². The van der Waals surface area contributed by atoms with E-state index in [-0.39, 0.29) is 0 Å². The van der Waals surface area contributed by atoms with Crippen LogP contribution >= 0.6 is 0 Å². The van der Waals surface area contributed by atoms with E-state index in [4.69, 9.17) is 0 Å². The molecule has 0 atom stereocenters. The minimum atomic E-state index is -4.38. The molecule has 0 aliphatic carbocycles. The van der Waals surface area contributed by atoms with E-state index >= 15 is 0 Å². The minimum absolute atomic E-state index is 0.391. The number of sulfonamides is 1. The highest BCUT2D eigenvalue weighted by atomic mass is 32.2. The molecule has 1 rings (SSSR count). The third kappa shape index (κ3) is 2.71. The van der Waals surface area contributed by atoms with Gasteiger partial charge in [-0.2, -0.15) is 0 Å². The first kappa shape index (κ1) is 13.4. The zero-order chi connectivity index (χ0) is 13.4. The molecular weight excluding hydrogens is 260 g/mol. The summed E-state index contributed by atoms with van der Waals surface area (Å²) < 4.78 is 46.9. The van der Waals surface area contributed by atoms with Crippen LogP contribution in [0.25, 0.3) is 0 Å². The molecule has 0 aliphatic heterocycles. The Labute approximate surface area is 94.5 Å². The topological polar surface area (TPSA) is 116 Å². The summed E-state index contributed by atoms with van der Waals surface area (Å²) in [5, 5.41) is 14.3.